The Kier molecular flexibility index (Phi) is 7.15. The zero-order chi connectivity index (χ0) is 19.1. The van der Waals surface area contributed by atoms with E-state index in [4.69, 9.17) is 4.99 Å². The van der Waals surface area contributed by atoms with Crippen LogP contribution >= 0.6 is 15.9 Å². The number of aryl methyl sites for hydroxylation is 2. The number of para-hydroxylation sites is 1. The molecule has 0 spiro atoms. The molecule has 6 nitrogen and oxygen atoms in total. The number of guanidine groups is 1. The molecule has 1 atom stereocenters. The Morgan fingerprint density at radius 1 is 1.41 bits per heavy atom. The Hall–Kier alpha value is -2.02. The fourth-order valence-corrected chi connectivity index (χ4v) is 3.94. The van der Waals surface area contributed by atoms with E-state index in [1.807, 2.05) is 6.20 Å². The molecule has 2 aromatic rings. The van der Waals surface area contributed by atoms with Crippen molar-refractivity contribution < 1.29 is 0 Å². The molecular formula is C20H29BrN6. The van der Waals surface area contributed by atoms with E-state index in [0.717, 1.165) is 61.6 Å². The van der Waals surface area contributed by atoms with Crippen LogP contribution in [0.2, 0.25) is 0 Å². The van der Waals surface area contributed by atoms with Crippen LogP contribution in [0.15, 0.2) is 39.9 Å². The second-order valence-corrected chi connectivity index (χ2v) is 7.77. The highest BCUT2D eigenvalue weighted by Crippen LogP contribution is 2.28. The van der Waals surface area contributed by atoms with Crippen LogP contribution in [0, 0.1) is 6.92 Å². The lowest BCUT2D eigenvalue weighted by Crippen LogP contribution is -2.44. The largest absolute Gasteiger partial charge is 0.368 e. The average Bonchev–Trinajstić information content (AvgIpc) is 3.28. The maximum atomic E-state index is 4.76. The van der Waals surface area contributed by atoms with Crippen molar-refractivity contribution >= 4 is 27.6 Å². The molecule has 1 aliphatic rings. The smallest absolute Gasteiger partial charge is 0.191 e. The Morgan fingerprint density at radius 3 is 3.00 bits per heavy atom. The third kappa shape index (κ3) is 5.48. The van der Waals surface area contributed by atoms with E-state index in [9.17, 15) is 0 Å². The summed E-state index contributed by atoms with van der Waals surface area (Å²) in [6.45, 7) is 7.89. The van der Waals surface area contributed by atoms with Gasteiger partial charge in [0.1, 0.15) is 0 Å². The first kappa shape index (κ1) is 19.7. The molecule has 1 aromatic carbocycles. The first-order valence-electron chi connectivity index (χ1n) is 9.70. The first-order valence-corrected chi connectivity index (χ1v) is 10.5. The second-order valence-electron chi connectivity index (χ2n) is 6.91. The summed E-state index contributed by atoms with van der Waals surface area (Å²) in [5.41, 5.74) is 3.70. The second kappa shape index (κ2) is 9.78. The number of nitrogens with zero attached hydrogens (tertiary/aromatic N) is 3. The molecule has 0 bridgehead atoms. The summed E-state index contributed by atoms with van der Waals surface area (Å²) in [5, 5.41) is 14.0. The van der Waals surface area contributed by atoms with E-state index in [0.29, 0.717) is 6.04 Å². The van der Waals surface area contributed by atoms with Gasteiger partial charge in [0.25, 0.3) is 0 Å². The van der Waals surface area contributed by atoms with E-state index in [2.05, 4.69) is 79.8 Å². The Balaban J connectivity index is 1.50. The van der Waals surface area contributed by atoms with Crippen LogP contribution in [0.5, 0.6) is 0 Å². The fraction of sp³-hybridized carbons (Fsp3) is 0.500. The van der Waals surface area contributed by atoms with Crippen LogP contribution < -0.4 is 15.5 Å². The summed E-state index contributed by atoms with van der Waals surface area (Å²) in [6, 6.07) is 8.83. The van der Waals surface area contributed by atoms with Gasteiger partial charge in [0, 0.05) is 42.4 Å². The monoisotopic (exact) mass is 432 g/mol. The summed E-state index contributed by atoms with van der Waals surface area (Å²) < 4.78 is 1.15. The lowest BCUT2D eigenvalue weighted by Gasteiger charge is -2.21. The molecular weight excluding hydrogens is 404 g/mol. The van der Waals surface area contributed by atoms with E-state index in [1.54, 1.807) is 0 Å². The predicted molar refractivity (Wildman–Crippen MR) is 116 cm³/mol. The lowest BCUT2D eigenvalue weighted by molar-refractivity contribution is 0.647. The number of aliphatic imine (C=N–C) groups is 1. The molecule has 0 amide bonds. The summed E-state index contributed by atoms with van der Waals surface area (Å²) in [5.74, 6) is 0.917. The number of benzene rings is 1. The van der Waals surface area contributed by atoms with Crippen LogP contribution in [-0.2, 0) is 6.42 Å². The minimum atomic E-state index is 0.408. The van der Waals surface area contributed by atoms with Crippen molar-refractivity contribution in [1.82, 2.24) is 20.8 Å². The van der Waals surface area contributed by atoms with E-state index in [-0.39, 0.29) is 0 Å². The maximum Gasteiger partial charge on any atom is 0.191 e. The number of anilines is 1. The zero-order valence-corrected chi connectivity index (χ0v) is 17.7. The van der Waals surface area contributed by atoms with Crippen molar-refractivity contribution in [3.8, 4) is 0 Å². The SMILES string of the molecule is CCNC(=NCCCc1cn[nH]c1C)NC1CCN(c2ccccc2Br)C1. The van der Waals surface area contributed by atoms with Gasteiger partial charge in [0.15, 0.2) is 5.96 Å². The van der Waals surface area contributed by atoms with Crippen molar-refractivity contribution in [3.63, 3.8) is 0 Å². The molecule has 0 radical (unpaired) electrons. The molecule has 2 heterocycles. The Bertz CT molecular complexity index is 756. The zero-order valence-electron chi connectivity index (χ0n) is 16.1. The maximum absolute atomic E-state index is 4.76. The molecule has 0 aliphatic carbocycles. The number of nitrogens with one attached hydrogen (secondary N) is 3. The van der Waals surface area contributed by atoms with Gasteiger partial charge in [0.2, 0.25) is 0 Å². The number of H-pyrrole nitrogens is 1. The van der Waals surface area contributed by atoms with Gasteiger partial charge in [-0.25, -0.2) is 0 Å². The number of aromatic nitrogens is 2. The highest BCUT2D eigenvalue weighted by Gasteiger charge is 2.24. The Labute approximate surface area is 170 Å². The molecule has 1 aromatic heterocycles. The normalized spacial score (nSPS) is 17.4. The van der Waals surface area contributed by atoms with E-state index < -0.39 is 0 Å². The standard InChI is InChI=1S/C20H29BrN6/c1-3-22-20(23-11-6-7-16-13-24-26-15(16)2)25-17-10-12-27(14-17)19-9-5-4-8-18(19)21/h4-5,8-9,13,17H,3,6-7,10-12,14H2,1-2H3,(H,24,26)(H2,22,23,25). The van der Waals surface area contributed by atoms with Crippen molar-refractivity contribution in [1.29, 1.82) is 0 Å². The fourth-order valence-electron chi connectivity index (χ4n) is 3.41. The van der Waals surface area contributed by atoms with Crippen molar-refractivity contribution in [2.45, 2.75) is 39.2 Å². The lowest BCUT2D eigenvalue weighted by atomic mass is 10.1. The van der Waals surface area contributed by atoms with Gasteiger partial charge in [-0.2, -0.15) is 5.10 Å². The van der Waals surface area contributed by atoms with Crippen LogP contribution in [0.4, 0.5) is 5.69 Å². The highest BCUT2D eigenvalue weighted by molar-refractivity contribution is 9.10. The van der Waals surface area contributed by atoms with E-state index in [1.165, 1.54) is 11.3 Å². The predicted octanol–water partition coefficient (Wildman–Crippen LogP) is 3.25. The highest BCUT2D eigenvalue weighted by atomic mass is 79.9. The minimum Gasteiger partial charge on any atom is -0.368 e. The van der Waals surface area contributed by atoms with Gasteiger partial charge >= 0.3 is 0 Å². The number of hydrogen-bond donors (Lipinski definition) is 3. The number of halogens is 1. The average molecular weight is 433 g/mol. The van der Waals surface area contributed by atoms with Gasteiger partial charge in [-0.05, 0) is 66.7 Å². The minimum absolute atomic E-state index is 0.408. The van der Waals surface area contributed by atoms with Gasteiger partial charge in [-0.15, -0.1) is 0 Å². The van der Waals surface area contributed by atoms with Crippen molar-refractivity contribution in [2.24, 2.45) is 4.99 Å². The van der Waals surface area contributed by atoms with Crippen LogP contribution in [0.25, 0.3) is 0 Å². The van der Waals surface area contributed by atoms with Crippen molar-refractivity contribution in [3.05, 3.63) is 46.2 Å². The molecule has 27 heavy (non-hydrogen) atoms. The number of rotatable bonds is 7. The molecule has 0 saturated carbocycles. The third-order valence-corrected chi connectivity index (χ3v) is 5.55. The first-order chi connectivity index (χ1) is 13.2. The molecule has 1 unspecified atom stereocenters. The van der Waals surface area contributed by atoms with Crippen LogP contribution in [0.3, 0.4) is 0 Å². The quantitative estimate of drug-likeness (QED) is 0.356. The van der Waals surface area contributed by atoms with Gasteiger partial charge < -0.3 is 15.5 Å². The molecule has 1 aliphatic heterocycles. The third-order valence-electron chi connectivity index (χ3n) is 4.87. The number of aromatic amines is 1. The molecule has 3 N–H and O–H groups in total. The molecule has 1 fully saturated rings. The summed E-state index contributed by atoms with van der Waals surface area (Å²) in [6.07, 6.45) is 5.05. The summed E-state index contributed by atoms with van der Waals surface area (Å²) in [4.78, 5) is 7.18. The molecule has 3 rings (SSSR count). The molecule has 1 saturated heterocycles. The molecule has 7 heteroatoms. The van der Waals surface area contributed by atoms with Gasteiger partial charge in [0.05, 0.1) is 11.9 Å². The van der Waals surface area contributed by atoms with E-state index >= 15 is 0 Å². The molecule has 146 valence electrons. The van der Waals surface area contributed by atoms with Crippen molar-refractivity contribution in [2.75, 3.05) is 31.1 Å². The van der Waals surface area contributed by atoms with Gasteiger partial charge in [-0.3, -0.25) is 10.1 Å². The summed E-state index contributed by atoms with van der Waals surface area (Å²) in [7, 11) is 0. The topological polar surface area (TPSA) is 68.3 Å². The summed E-state index contributed by atoms with van der Waals surface area (Å²) >= 11 is 3.66. The van der Waals surface area contributed by atoms with Crippen LogP contribution in [0.1, 0.15) is 31.0 Å². The Morgan fingerprint density at radius 2 is 2.26 bits per heavy atom. The number of hydrogen-bond acceptors (Lipinski definition) is 3. The van der Waals surface area contributed by atoms with Gasteiger partial charge in [-0.1, -0.05) is 12.1 Å². The van der Waals surface area contributed by atoms with Crippen LogP contribution in [-0.4, -0.2) is 48.4 Å².